The van der Waals surface area contributed by atoms with Crippen LogP contribution in [0.3, 0.4) is 0 Å². The predicted octanol–water partition coefficient (Wildman–Crippen LogP) is 6.79. The van der Waals surface area contributed by atoms with Gasteiger partial charge in [-0.2, -0.15) is 0 Å². The number of phenolic OH excluding ortho intramolecular Hbond substituents is 3. The second kappa shape index (κ2) is 8.30. The summed E-state index contributed by atoms with van der Waals surface area (Å²) < 4.78 is 0. The Morgan fingerprint density at radius 2 is 0.806 bits per heavy atom. The molecule has 31 heavy (non-hydrogen) atoms. The summed E-state index contributed by atoms with van der Waals surface area (Å²) in [6.07, 6.45) is 1.80. The average molecular weight is 419 g/mol. The van der Waals surface area contributed by atoms with Gasteiger partial charge in [0.15, 0.2) is 0 Å². The van der Waals surface area contributed by atoms with Crippen molar-refractivity contribution in [2.45, 2.75) is 66.7 Å². The molecule has 0 amide bonds. The summed E-state index contributed by atoms with van der Waals surface area (Å²) in [6.45, 7) is 14.1. The first-order valence-corrected chi connectivity index (χ1v) is 10.9. The first kappa shape index (κ1) is 22.7. The first-order chi connectivity index (χ1) is 14.5. The fraction of sp³-hybridized carbons (Fsp3) is 0.357. The highest BCUT2D eigenvalue weighted by atomic mass is 16.3. The van der Waals surface area contributed by atoms with Crippen LogP contribution in [0, 0.1) is 41.5 Å². The smallest absolute Gasteiger partial charge is 0.118 e. The Morgan fingerprint density at radius 3 is 1.06 bits per heavy atom. The van der Waals surface area contributed by atoms with Crippen molar-refractivity contribution < 1.29 is 15.3 Å². The maximum Gasteiger partial charge on any atom is 0.118 e. The molecule has 0 heterocycles. The zero-order valence-corrected chi connectivity index (χ0v) is 19.7. The lowest BCUT2D eigenvalue weighted by molar-refractivity contribution is 0.465. The van der Waals surface area contributed by atoms with Crippen LogP contribution in [0.25, 0.3) is 0 Å². The second-order valence-electron chi connectivity index (χ2n) is 9.02. The highest BCUT2D eigenvalue weighted by Gasteiger charge is 2.40. The number of hydrogen-bond acceptors (Lipinski definition) is 3. The summed E-state index contributed by atoms with van der Waals surface area (Å²) in [4.78, 5) is 0. The highest BCUT2D eigenvalue weighted by Crippen LogP contribution is 2.49. The lowest BCUT2D eigenvalue weighted by Crippen LogP contribution is -2.32. The van der Waals surface area contributed by atoms with Gasteiger partial charge in [-0.05, 0) is 116 Å². The van der Waals surface area contributed by atoms with E-state index in [1.165, 1.54) is 0 Å². The van der Waals surface area contributed by atoms with Gasteiger partial charge in [0.25, 0.3) is 0 Å². The van der Waals surface area contributed by atoms with Crippen molar-refractivity contribution in [2.75, 3.05) is 0 Å². The van der Waals surface area contributed by atoms with Gasteiger partial charge in [0.1, 0.15) is 17.2 Å². The van der Waals surface area contributed by atoms with E-state index in [0.29, 0.717) is 17.2 Å². The van der Waals surface area contributed by atoms with Crippen LogP contribution >= 0.6 is 0 Å². The van der Waals surface area contributed by atoms with E-state index in [9.17, 15) is 15.3 Å². The Kier molecular flexibility index (Phi) is 6.09. The number of aromatic hydroxyl groups is 3. The number of aryl methyl sites for hydroxylation is 6. The summed E-state index contributed by atoms with van der Waals surface area (Å²) in [5.41, 5.74) is 8.52. The predicted molar refractivity (Wildman–Crippen MR) is 128 cm³/mol. The minimum absolute atomic E-state index is 0.295. The van der Waals surface area contributed by atoms with E-state index in [4.69, 9.17) is 0 Å². The summed E-state index contributed by atoms with van der Waals surface area (Å²) in [7, 11) is 0. The van der Waals surface area contributed by atoms with Crippen molar-refractivity contribution in [1.29, 1.82) is 0 Å². The molecule has 0 aliphatic heterocycles. The molecule has 0 saturated heterocycles. The van der Waals surface area contributed by atoms with Crippen LogP contribution in [0.4, 0.5) is 0 Å². The Balaban J connectivity index is 2.56. The van der Waals surface area contributed by atoms with E-state index in [1.807, 2.05) is 59.7 Å². The molecule has 0 spiro atoms. The third-order valence-corrected chi connectivity index (χ3v) is 6.63. The Morgan fingerprint density at radius 1 is 0.516 bits per heavy atom. The largest absolute Gasteiger partial charge is 0.508 e. The molecule has 0 aliphatic rings. The van der Waals surface area contributed by atoms with Crippen LogP contribution in [0.15, 0.2) is 36.4 Å². The van der Waals surface area contributed by atoms with Crippen molar-refractivity contribution in [2.24, 2.45) is 0 Å². The SMILES string of the molecule is CCCC(c1cc(C)c(O)cc1C)(c1cc(C)c(O)cc1C)c1cc(C)c(O)cc1C. The number of rotatable bonds is 5. The van der Waals surface area contributed by atoms with E-state index in [0.717, 1.165) is 62.9 Å². The molecule has 0 unspecified atom stereocenters. The van der Waals surface area contributed by atoms with Gasteiger partial charge in [-0.1, -0.05) is 31.5 Å². The molecule has 164 valence electrons. The maximum absolute atomic E-state index is 10.4. The molecule has 0 radical (unpaired) electrons. The van der Waals surface area contributed by atoms with E-state index in [-0.39, 0.29) is 0 Å². The number of benzene rings is 3. The molecule has 0 aromatic heterocycles. The van der Waals surface area contributed by atoms with E-state index >= 15 is 0 Å². The summed E-state index contributed by atoms with van der Waals surface area (Å²) >= 11 is 0. The topological polar surface area (TPSA) is 60.7 Å². The van der Waals surface area contributed by atoms with Crippen molar-refractivity contribution in [1.82, 2.24) is 0 Å². The van der Waals surface area contributed by atoms with Crippen molar-refractivity contribution in [3.8, 4) is 17.2 Å². The highest BCUT2D eigenvalue weighted by molar-refractivity contribution is 5.62. The molecule has 0 fully saturated rings. The number of phenols is 3. The summed E-state index contributed by atoms with van der Waals surface area (Å²) in [5.74, 6) is 0.886. The monoisotopic (exact) mass is 418 g/mol. The first-order valence-electron chi connectivity index (χ1n) is 10.9. The molecular formula is C28H34O3. The van der Waals surface area contributed by atoms with Crippen LogP contribution in [0.5, 0.6) is 17.2 Å². The molecule has 3 nitrogen and oxygen atoms in total. The van der Waals surface area contributed by atoms with Gasteiger partial charge in [0, 0.05) is 5.41 Å². The van der Waals surface area contributed by atoms with E-state index in [1.54, 1.807) is 0 Å². The molecule has 0 atom stereocenters. The Hall–Kier alpha value is -2.94. The molecule has 0 bridgehead atoms. The van der Waals surface area contributed by atoms with Crippen LogP contribution in [-0.4, -0.2) is 15.3 Å². The van der Waals surface area contributed by atoms with Crippen LogP contribution in [0.1, 0.15) is 69.8 Å². The van der Waals surface area contributed by atoms with Crippen LogP contribution in [0.2, 0.25) is 0 Å². The van der Waals surface area contributed by atoms with Gasteiger partial charge in [0.2, 0.25) is 0 Å². The van der Waals surface area contributed by atoms with Gasteiger partial charge in [-0.15, -0.1) is 0 Å². The average Bonchev–Trinajstić information content (AvgIpc) is 2.69. The van der Waals surface area contributed by atoms with E-state index < -0.39 is 5.41 Å². The van der Waals surface area contributed by atoms with Gasteiger partial charge < -0.3 is 15.3 Å². The van der Waals surface area contributed by atoms with Crippen molar-refractivity contribution in [3.05, 3.63) is 86.5 Å². The normalized spacial score (nSPS) is 11.7. The quantitative estimate of drug-likeness (QED) is 0.400. The van der Waals surface area contributed by atoms with E-state index in [2.05, 4.69) is 25.1 Å². The summed E-state index contributed by atoms with van der Waals surface area (Å²) in [5, 5.41) is 31.1. The molecule has 3 aromatic carbocycles. The van der Waals surface area contributed by atoms with Gasteiger partial charge >= 0.3 is 0 Å². The van der Waals surface area contributed by atoms with Gasteiger partial charge in [0.05, 0.1) is 0 Å². The van der Waals surface area contributed by atoms with Crippen molar-refractivity contribution in [3.63, 3.8) is 0 Å². The number of hydrogen-bond donors (Lipinski definition) is 3. The van der Waals surface area contributed by atoms with Gasteiger partial charge in [-0.3, -0.25) is 0 Å². The Bertz CT molecular complexity index is 1000. The minimum atomic E-state index is -0.484. The summed E-state index contributed by atoms with van der Waals surface area (Å²) in [6, 6.07) is 11.8. The fourth-order valence-electron chi connectivity index (χ4n) is 5.00. The lowest BCUT2D eigenvalue weighted by Gasteiger charge is -2.40. The zero-order chi connectivity index (χ0) is 23.1. The third kappa shape index (κ3) is 3.78. The molecule has 3 heteroatoms. The van der Waals surface area contributed by atoms with Gasteiger partial charge in [-0.25, -0.2) is 0 Å². The lowest BCUT2D eigenvalue weighted by atomic mass is 9.63. The Labute approximate surface area is 186 Å². The van der Waals surface area contributed by atoms with Crippen LogP contribution in [-0.2, 0) is 5.41 Å². The second-order valence-corrected chi connectivity index (χ2v) is 9.02. The molecule has 3 aromatic rings. The van der Waals surface area contributed by atoms with Crippen LogP contribution < -0.4 is 0 Å². The molecule has 3 N–H and O–H groups in total. The minimum Gasteiger partial charge on any atom is -0.508 e. The standard InChI is InChI=1S/C28H34O3/c1-8-9-28(22-10-19(5)25(29)13-16(22)2,23-11-20(6)26(30)14-17(23)3)24-12-21(7)27(31)15-18(24)4/h10-15,29-31H,8-9H2,1-7H3. The molecule has 0 saturated carbocycles. The molecular weight excluding hydrogens is 384 g/mol. The molecule has 3 rings (SSSR count). The maximum atomic E-state index is 10.4. The molecule has 0 aliphatic carbocycles. The zero-order valence-electron chi connectivity index (χ0n) is 19.7. The fourth-order valence-corrected chi connectivity index (χ4v) is 5.00. The van der Waals surface area contributed by atoms with Crippen molar-refractivity contribution >= 4 is 0 Å². The third-order valence-electron chi connectivity index (χ3n) is 6.63.